The lowest BCUT2D eigenvalue weighted by Gasteiger charge is -2.43. The van der Waals surface area contributed by atoms with Gasteiger partial charge in [-0.2, -0.15) is 0 Å². The summed E-state index contributed by atoms with van der Waals surface area (Å²) in [5.41, 5.74) is 1.13. The molecule has 0 aromatic carbocycles. The zero-order valence-electron chi connectivity index (χ0n) is 14.8. The summed E-state index contributed by atoms with van der Waals surface area (Å²) < 4.78 is 11.8. The van der Waals surface area contributed by atoms with E-state index in [-0.39, 0.29) is 24.7 Å². The van der Waals surface area contributed by atoms with Crippen molar-refractivity contribution in [3.05, 3.63) is 34.4 Å². The highest BCUT2D eigenvalue weighted by atomic mass is 35.5. The minimum absolute atomic E-state index is 0.106. The number of thiophene rings is 1. The van der Waals surface area contributed by atoms with Crippen LogP contribution in [0, 0.1) is 0 Å². The van der Waals surface area contributed by atoms with Gasteiger partial charge in [-0.1, -0.05) is 24.4 Å². The Morgan fingerprint density at radius 3 is 2.96 bits per heavy atom. The number of nitrogens with one attached hydrogen (secondary N) is 1. The van der Waals surface area contributed by atoms with Gasteiger partial charge in [0.2, 0.25) is 0 Å². The van der Waals surface area contributed by atoms with E-state index < -0.39 is 5.97 Å². The van der Waals surface area contributed by atoms with Crippen LogP contribution in [0.4, 0.5) is 0 Å². The number of hydrogen-bond acceptors (Lipinski definition) is 5. The Bertz CT molecular complexity index is 831. The minimum Gasteiger partial charge on any atom is -0.452 e. The quantitative estimate of drug-likeness (QED) is 0.782. The summed E-state index contributed by atoms with van der Waals surface area (Å²) in [4.78, 5) is 30.8. The first kappa shape index (κ1) is 18.5. The molecule has 27 heavy (non-hydrogen) atoms. The summed E-state index contributed by atoms with van der Waals surface area (Å²) in [5, 5.41) is 0. The Hall–Kier alpha value is -1.83. The number of aromatic amines is 1. The van der Waals surface area contributed by atoms with Gasteiger partial charge >= 0.3 is 5.97 Å². The molecule has 2 fully saturated rings. The number of hydrogen-bond donors (Lipinski definition) is 1. The molecule has 2 aliphatic rings. The standard InChI is InChI=1S/C19H21ClN2O4S/c20-17-6-5-16(27-17)12-9-21-10-13(12)19(24)26-11-18(23)22-7-8-25-15-4-2-1-3-14(15)22/h5-6,9-10,14-15,21H,1-4,7-8,11H2. The lowest BCUT2D eigenvalue weighted by atomic mass is 9.90. The van der Waals surface area contributed by atoms with Crippen molar-refractivity contribution in [2.45, 2.75) is 37.8 Å². The molecular formula is C19H21ClN2O4S. The molecule has 4 rings (SSSR count). The van der Waals surface area contributed by atoms with Gasteiger partial charge in [0.25, 0.3) is 5.91 Å². The smallest absolute Gasteiger partial charge is 0.340 e. The number of rotatable bonds is 4. The van der Waals surface area contributed by atoms with Crippen LogP contribution in [0.25, 0.3) is 10.4 Å². The third-order valence-corrected chi connectivity index (χ3v) is 6.45. The summed E-state index contributed by atoms with van der Waals surface area (Å²) in [6.45, 7) is 0.848. The Kier molecular flexibility index (Phi) is 5.52. The van der Waals surface area contributed by atoms with Gasteiger partial charge in [0.05, 0.1) is 28.7 Å². The summed E-state index contributed by atoms with van der Waals surface area (Å²) >= 11 is 7.37. The Labute approximate surface area is 166 Å². The maximum Gasteiger partial charge on any atom is 0.340 e. The van der Waals surface area contributed by atoms with Crippen LogP contribution in [0.15, 0.2) is 24.5 Å². The fourth-order valence-corrected chi connectivity index (χ4v) is 4.96. The summed E-state index contributed by atoms with van der Waals surface area (Å²) in [7, 11) is 0. The molecular weight excluding hydrogens is 388 g/mol. The summed E-state index contributed by atoms with van der Waals surface area (Å²) in [5.74, 6) is -0.669. The lowest BCUT2D eigenvalue weighted by molar-refractivity contribution is -0.152. The van der Waals surface area contributed by atoms with E-state index in [1.165, 1.54) is 11.3 Å². The Morgan fingerprint density at radius 1 is 1.30 bits per heavy atom. The molecule has 2 unspecified atom stereocenters. The molecule has 0 bridgehead atoms. The number of carbonyl (C=O) groups is 2. The normalized spacial score (nSPS) is 22.3. The number of amides is 1. The van der Waals surface area contributed by atoms with E-state index >= 15 is 0 Å². The fraction of sp³-hybridized carbons (Fsp3) is 0.474. The summed E-state index contributed by atoms with van der Waals surface area (Å²) in [6.07, 6.45) is 7.62. The number of morpholine rings is 1. The topological polar surface area (TPSA) is 71.6 Å². The zero-order chi connectivity index (χ0) is 18.8. The largest absolute Gasteiger partial charge is 0.452 e. The maximum absolute atomic E-state index is 12.7. The van der Waals surface area contributed by atoms with Crippen molar-refractivity contribution < 1.29 is 19.1 Å². The number of carbonyl (C=O) groups excluding carboxylic acids is 2. The maximum atomic E-state index is 12.7. The molecule has 0 spiro atoms. The molecule has 1 N–H and O–H groups in total. The molecule has 144 valence electrons. The molecule has 1 amide bonds. The molecule has 1 saturated heterocycles. The van der Waals surface area contributed by atoms with E-state index in [2.05, 4.69) is 4.98 Å². The SMILES string of the molecule is O=C(OCC(=O)N1CCOC2CCCCC21)c1c[nH]cc1-c1ccc(Cl)s1. The predicted octanol–water partition coefficient (Wildman–Crippen LogP) is 3.72. The van der Waals surface area contributed by atoms with E-state index in [1.54, 1.807) is 18.5 Å². The van der Waals surface area contributed by atoms with Gasteiger partial charge in [-0.25, -0.2) is 4.79 Å². The molecule has 3 heterocycles. The van der Waals surface area contributed by atoms with Gasteiger partial charge in [0, 0.05) is 29.4 Å². The van der Waals surface area contributed by atoms with Crippen molar-refractivity contribution in [1.82, 2.24) is 9.88 Å². The van der Waals surface area contributed by atoms with Crippen LogP contribution >= 0.6 is 22.9 Å². The lowest BCUT2D eigenvalue weighted by Crippen LogP contribution is -2.55. The number of halogens is 1. The van der Waals surface area contributed by atoms with Crippen LogP contribution in [-0.2, 0) is 14.3 Å². The second-order valence-corrected chi connectivity index (χ2v) is 8.53. The van der Waals surface area contributed by atoms with E-state index in [4.69, 9.17) is 21.1 Å². The van der Waals surface area contributed by atoms with Gasteiger partial charge in [0.1, 0.15) is 0 Å². The second kappa shape index (κ2) is 8.04. The van der Waals surface area contributed by atoms with E-state index in [0.717, 1.165) is 36.1 Å². The first-order valence-corrected chi connectivity index (χ1v) is 10.3. The van der Waals surface area contributed by atoms with Crippen LogP contribution < -0.4 is 0 Å². The number of aromatic nitrogens is 1. The molecule has 1 aliphatic heterocycles. The van der Waals surface area contributed by atoms with Crippen molar-refractivity contribution >= 4 is 34.8 Å². The van der Waals surface area contributed by atoms with Gasteiger partial charge in [-0.15, -0.1) is 11.3 Å². The van der Waals surface area contributed by atoms with Gasteiger partial charge in [-0.3, -0.25) is 4.79 Å². The number of nitrogens with zero attached hydrogens (tertiary/aromatic N) is 1. The molecule has 2 atom stereocenters. The van der Waals surface area contributed by atoms with Crippen LogP contribution in [-0.4, -0.2) is 53.7 Å². The third-order valence-electron chi connectivity index (χ3n) is 5.18. The molecule has 1 saturated carbocycles. The Morgan fingerprint density at radius 2 is 2.15 bits per heavy atom. The molecule has 8 heteroatoms. The molecule has 1 aliphatic carbocycles. The van der Waals surface area contributed by atoms with Crippen molar-refractivity contribution in [1.29, 1.82) is 0 Å². The monoisotopic (exact) mass is 408 g/mol. The van der Waals surface area contributed by atoms with Crippen molar-refractivity contribution in [3.63, 3.8) is 0 Å². The van der Waals surface area contributed by atoms with Crippen LogP contribution in [0.2, 0.25) is 4.34 Å². The highest BCUT2D eigenvalue weighted by Gasteiger charge is 2.36. The Balaban J connectivity index is 1.39. The number of H-pyrrole nitrogens is 1. The number of esters is 1. The molecule has 2 aromatic heterocycles. The van der Waals surface area contributed by atoms with Crippen LogP contribution in [0.1, 0.15) is 36.0 Å². The average Bonchev–Trinajstić information content (AvgIpc) is 3.34. The van der Waals surface area contributed by atoms with E-state index in [1.807, 2.05) is 11.0 Å². The van der Waals surface area contributed by atoms with Gasteiger partial charge in [0.15, 0.2) is 6.61 Å². The summed E-state index contributed by atoms with van der Waals surface area (Å²) in [6, 6.07) is 3.75. The number of fused-ring (bicyclic) bond motifs is 1. The first-order valence-electron chi connectivity index (χ1n) is 9.14. The van der Waals surface area contributed by atoms with Crippen LogP contribution in [0.5, 0.6) is 0 Å². The zero-order valence-corrected chi connectivity index (χ0v) is 16.4. The van der Waals surface area contributed by atoms with Gasteiger partial charge in [-0.05, 0) is 25.0 Å². The minimum atomic E-state index is -0.516. The highest BCUT2D eigenvalue weighted by Crippen LogP contribution is 2.33. The highest BCUT2D eigenvalue weighted by molar-refractivity contribution is 7.19. The molecule has 2 aromatic rings. The van der Waals surface area contributed by atoms with Gasteiger partial charge < -0.3 is 19.4 Å². The van der Waals surface area contributed by atoms with E-state index in [0.29, 0.717) is 23.1 Å². The average molecular weight is 409 g/mol. The van der Waals surface area contributed by atoms with E-state index in [9.17, 15) is 9.59 Å². The second-order valence-electron chi connectivity index (χ2n) is 6.81. The first-order chi connectivity index (χ1) is 13.1. The van der Waals surface area contributed by atoms with Crippen LogP contribution in [0.3, 0.4) is 0 Å². The third kappa shape index (κ3) is 3.90. The predicted molar refractivity (Wildman–Crippen MR) is 103 cm³/mol. The van der Waals surface area contributed by atoms with Crippen molar-refractivity contribution in [2.24, 2.45) is 0 Å². The molecule has 6 nitrogen and oxygen atoms in total. The van der Waals surface area contributed by atoms with Crippen molar-refractivity contribution in [2.75, 3.05) is 19.8 Å². The molecule has 0 radical (unpaired) electrons. The van der Waals surface area contributed by atoms with Crippen molar-refractivity contribution in [3.8, 4) is 10.4 Å². The fourth-order valence-electron chi connectivity index (χ4n) is 3.89. The number of ether oxygens (including phenoxy) is 2.